The van der Waals surface area contributed by atoms with E-state index in [2.05, 4.69) is 0 Å². The molecule has 1 heterocycles. The molecule has 122 valence electrons. The third kappa shape index (κ3) is 3.24. The van der Waals surface area contributed by atoms with Gasteiger partial charge in [0.2, 0.25) is 10.0 Å². The van der Waals surface area contributed by atoms with E-state index < -0.39 is 14.9 Å². The highest BCUT2D eigenvalue weighted by atomic mass is 35.5. The summed E-state index contributed by atoms with van der Waals surface area (Å²) in [4.78, 5) is 10.3. The summed E-state index contributed by atoms with van der Waals surface area (Å²) in [5.74, 6) is 0.322. The quantitative estimate of drug-likeness (QED) is 0.661. The van der Waals surface area contributed by atoms with Gasteiger partial charge in [0.1, 0.15) is 0 Å². The molecule has 1 aliphatic heterocycles. The predicted molar refractivity (Wildman–Crippen MR) is 83.4 cm³/mol. The van der Waals surface area contributed by atoms with E-state index in [-0.39, 0.29) is 21.2 Å². The van der Waals surface area contributed by atoms with E-state index in [4.69, 9.17) is 17.3 Å². The number of nitrogens with two attached hydrogens (primary N) is 1. The normalized spacial score (nSPS) is 17.6. The second-order valence-corrected chi connectivity index (χ2v) is 7.73. The summed E-state index contributed by atoms with van der Waals surface area (Å²) < 4.78 is 26.6. The maximum absolute atomic E-state index is 12.6. The van der Waals surface area contributed by atoms with Crippen molar-refractivity contribution in [3.05, 3.63) is 32.8 Å². The van der Waals surface area contributed by atoms with Crippen LogP contribution < -0.4 is 5.73 Å². The first-order valence-corrected chi connectivity index (χ1v) is 8.74. The van der Waals surface area contributed by atoms with Crippen molar-refractivity contribution in [3.8, 4) is 0 Å². The fraction of sp³-hybridized carbons (Fsp3) is 0.538. The maximum atomic E-state index is 12.6. The number of hydrogen-bond acceptors (Lipinski definition) is 5. The molecule has 1 aromatic rings. The smallest absolute Gasteiger partial charge is 0.275 e. The number of benzene rings is 1. The highest BCUT2D eigenvalue weighted by Crippen LogP contribution is 2.32. The van der Waals surface area contributed by atoms with Crippen molar-refractivity contribution >= 4 is 27.3 Å². The van der Waals surface area contributed by atoms with Gasteiger partial charge in [-0.25, -0.2) is 8.42 Å². The van der Waals surface area contributed by atoms with E-state index in [0.29, 0.717) is 38.4 Å². The van der Waals surface area contributed by atoms with E-state index >= 15 is 0 Å². The molecule has 7 nitrogen and oxygen atoms in total. The van der Waals surface area contributed by atoms with E-state index in [0.717, 1.165) is 6.07 Å². The number of hydrogen-bond donors (Lipinski definition) is 1. The third-order valence-corrected chi connectivity index (χ3v) is 6.30. The van der Waals surface area contributed by atoms with Crippen LogP contribution in [0.1, 0.15) is 18.4 Å². The number of nitrogens with zero attached hydrogens (tertiary/aromatic N) is 2. The molecule has 0 saturated carbocycles. The lowest BCUT2D eigenvalue weighted by atomic mass is 9.99. The summed E-state index contributed by atoms with van der Waals surface area (Å²) in [6.07, 6.45) is 1.38. The number of sulfonamides is 1. The van der Waals surface area contributed by atoms with Crippen LogP contribution >= 0.6 is 11.6 Å². The van der Waals surface area contributed by atoms with Crippen molar-refractivity contribution in [1.29, 1.82) is 0 Å². The van der Waals surface area contributed by atoms with Gasteiger partial charge in [-0.2, -0.15) is 4.31 Å². The Morgan fingerprint density at radius 3 is 2.50 bits per heavy atom. The molecule has 0 amide bonds. The zero-order valence-corrected chi connectivity index (χ0v) is 13.7. The van der Waals surface area contributed by atoms with Crippen molar-refractivity contribution in [3.63, 3.8) is 0 Å². The Labute approximate surface area is 134 Å². The zero-order chi connectivity index (χ0) is 16.5. The first kappa shape index (κ1) is 17.1. The van der Waals surface area contributed by atoms with Crippen LogP contribution in [-0.4, -0.2) is 37.3 Å². The molecule has 9 heteroatoms. The molecule has 0 atom stereocenters. The molecular formula is C13H18ClN3O4S. The van der Waals surface area contributed by atoms with Gasteiger partial charge in [-0.15, -0.1) is 0 Å². The molecule has 0 aliphatic carbocycles. The lowest BCUT2D eigenvalue weighted by molar-refractivity contribution is -0.385. The lowest BCUT2D eigenvalue weighted by Crippen LogP contribution is -2.40. The highest BCUT2D eigenvalue weighted by molar-refractivity contribution is 7.89. The summed E-state index contributed by atoms with van der Waals surface area (Å²) in [6, 6.07) is 2.35. The Bertz CT molecular complexity index is 685. The minimum atomic E-state index is -3.79. The summed E-state index contributed by atoms with van der Waals surface area (Å²) in [5.41, 5.74) is 5.57. The van der Waals surface area contributed by atoms with Gasteiger partial charge in [-0.1, -0.05) is 11.6 Å². The van der Waals surface area contributed by atoms with Crippen LogP contribution in [0.2, 0.25) is 5.02 Å². The van der Waals surface area contributed by atoms with Gasteiger partial charge in [0, 0.05) is 24.7 Å². The standard InChI is InChI=1S/C13H18ClN3O4S/c1-9-12(14)6-11(7-13(9)17(18)19)22(20,21)16-4-2-10(8-15)3-5-16/h6-7,10H,2-5,8,15H2,1H3. The van der Waals surface area contributed by atoms with Crippen LogP contribution in [0.25, 0.3) is 0 Å². The lowest BCUT2D eigenvalue weighted by Gasteiger charge is -2.30. The van der Waals surface area contributed by atoms with E-state index in [1.165, 1.54) is 17.3 Å². The topological polar surface area (TPSA) is 107 Å². The second kappa shape index (κ2) is 6.49. The summed E-state index contributed by atoms with van der Waals surface area (Å²) in [5, 5.41) is 11.1. The molecule has 1 aliphatic rings. The van der Waals surface area contributed by atoms with Crippen molar-refractivity contribution in [2.75, 3.05) is 19.6 Å². The number of nitro groups is 1. The monoisotopic (exact) mass is 347 g/mol. The number of halogens is 1. The van der Waals surface area contributed by atoms with Crippen LogP contribution in [0.15, 0.2) is 17.0 Å². The second-order valence-electron chi connectivity index (χ2n) is 5.39. The first-order valence-electron chi connectivity index (χ1n) is 6.92. The summed E-state index contributed by atoms with van der Waals surface area (Å²) in [6.45, 7) is 2.76. The van der Waals surface area contributed by atoms with Gasteiger partial charge in [0.05, 0.1) is 14.8 Å². The third-order valence-electron chi connectivity index (χ3n) is 4.03. The van der Waals surface area contributed by atoms with Crippen LogP contribution in [-0.2, 0) is 10.0 Å². The van der Waals surface area contributed by atoms with Crippen LogP contribution in [0, 0.1) is 23.0 Å². The largest absolute Gasteiger partial charge is 0.330 e. The Morgan fingerprint density at radius 1 is 1.41 bits per heavy atom. The van der Waals surface area contributed by atoms with Crippen LogP contribution in [0.4, 0.5) is 5.69 Å². The van der Waals surface area contributed by atoms with Crippen molar-refractivity contribution < 1.29 is 13.3 Å². The van der Waals surface area contributed by atoms with Crippen LogP contribution in [0.5, 0.6) is 0 Å². The minimum Gasteiger partial charge on any atom is -0.330 e. The molecule has 1 aromatic carbocycles. The van der Waals surface area contributed by atoms with Crippen molar-refractivity contribution in [1.82, 2.24) is 4.31 Å². The van der Waals surface area contributed by atoms with E-state index in [1.54, 1.807) is 0 Å². The Kier molecular flexibility index (Phi) is 5.06. The number of rotatable bonds is 4. The molecule has 2 N–H and O–H groups in total. The summed E-state index contributed by atoms with van der Waals surface area (Å²) in [7, 11) is -3.79. The van der Waals surface area contributed by atoms with Gasteiger partial charge in [-0.05, 0) is 38.3 Å². The maximum Gasteiger partial charge on any atom is 0.275 e. The fourth-order valence-corrected chi connectivity index (χ4v) is 4.31. The SMILES string of the molecule is Cc1c(Cl)cc(S(=O)(=O)N2CCC(CN)CC2)cc1[N+](=O)[O-]. The summed E-state index contributed by atoms with van der Waals surface area (Å²) >= 11 is 5.95. The average Bonchev–Trinajstić information content (AvgIpc) is 2.49. The Morgan fingerprint density at radius 2 is 2.00 bits per heavy atom. The van der Waals surface area contributed by atoms with Gasteiger partial charge in [-0.3, -0.25) is 10.1 Å². The molecule has 0 spiro atoms. The molecule has 1 saturated heterocycles. The van der Waals surface area contributed by atoms with Gasteiger partial charge >= 0.3 is 0 Å². The van der Waals surface area contributed by atoms with E-state index in [9.17, 15) is 18.5 Å². The Hall–Kier alpha value is -1.22. The predicted octanol–water partition coefficient (Wildman–Crippen LogP) is 1.92. The molecule has 0 radical (unpaired) electrons. The molecule has 1 fully saturated rings. The van der Waals surface area contributed by atoms with E-state index in [1.807, 2.05) is 0 Å². The molecular weight excluding hydrogens is 330 g/mol. The van der Waals surface area contributed by atoms with Crippen LogP contribution in [0.3, 0.4) is 0 Å². The minimum absolute atomic E-state index is 0.0737. The van der Waals surface area contributed by atoms with Crippen molar-refractivity contribution in [2.45, 2.75) is 24.7 Å². The van der Waals surface area contributed by atoms with Crippen molar-refractivity contribution in [2.24, 2.45) is 11.7 Å². The molecule has 22 heavy (non-hydrogen) atoms. The molecule has 0 bridgehead atoms. The molecule has 0 unspecified atom stereocenters. The number of piperidine rings is 1. The molecule has 0 aromatic heterocycles. The zero-order valence-electron chi connectivity index (χ0n) is 12.2. The van der Waals surface area contributed by atoms with Gasteiger partial charge < -0.3 is 5.73 Å². The first-order chi connectivity index (χ1) is 10.3. The molecule has 2 rings (SSSR count). The van der Waals surface area contributed by atoms with Gasteiger partial charge in [0.15, 0.2) is 0 Å². The average molecular weight is 348 g/mol. The Balaban J connectivity index is 2.36. The number of nitro benzene ring substituents is 1. The fourth-order valence-electron chi connectivity index (χ4n) is 2.51. The van der Waals surface area contributed by atoms with Gasteiger partial charge in [0.25, 0.3) is 5.69 Å². The highest BCUT2D eigenvalue weighted by Gasteiger charge is 2.31.